The molecule has 23 heavy (non-hydrogen) atoms. The predicted molar refractivity (Wildman–Crippen MR) is 88.8 cm³/mol. The first kappa shape index (κ1) is 15.3. The molecule has 5 heteroatoms. The Kier molecular flexibility index (Phi) is 3.72. The van der Waals surface area contributed by atoms with E-state index in [9.17, 15) is 14.5 Å². The highest BCUT2D eigenvalue weighted by molar-refractivity contribution is 5.94. The fourth-order valence-electron chi connectivity index (χ4n) is 3.33. The Balaban J connectivity index is 2.32. The lowest BCUT2D eigenvalue weighted by Crippen LogP contribution is -2.25. The molecule has 0 fully saturated rings. The summed E-state index contributed by atoms with van der Waals surface area (Å²) >= 11 is 0. The van der Waals surface area contributed by atoms with Gasteiger partial charge in [0.25, 0.3) is 0 Å². The lowest BCUT2D eigenvalue weighted by atomic mass is 9.86. The molecule has 0 saturated carbocycles. The highest BCUT2D eigenvalue weighted by Gasteiger charge is 2.26. The number of amides is 1. The van der Waals surface area contributed by atoms with Crippen molar-refractivity contribution in [1.82, 2.24) is 4.57 Å². The lowest BCUT2D eigenvalue weighted by Gasteiger charge is -2.31. The Labute approximate surface area is 133 Å². The number of aromatic nitrogens is 1. The van der Waals surface area contributed by atoms with Gasteiger partial charge in [-0.05, 0) is 43.4 Å². The molecule has 3 rings (SSSR count). The van der Waals surface area contributed by atoms with Crippen LogP contribution in [0.1, 0.15) is 46.4 Å². The van der Waals surface area contributed by atoms with E-state index in [0.29, 0.717) is 0 Å². The number of carbonyl (C=O) groups excluding carboxylic acids is 1. The van der Waals surface area contributed by atoms with Gasteiger partial charge in [-0.15, -0.1) is 4.91 Å². The Morgan fingerprint density at radius 1 is 1.35 bits per heavy atom. The molecule has 1 atom stereocenters. The van der Waals surface area contributed by atoms with Gasteiger partial charge in [-0.3, -0.25) is 9.59 Å². The highest BCUT2D eigenvalue weighted by Crippen LogP contribution is 2.37. The van der Waals surface area contributed by atoms with Crippen molar-refractivity contribution in [1.29, 1.82) is 0 Å². The van der Waals surface area contributed by atoms with Crippen molar-refractivity contribution in [2.24, 2.45) is 5.18 Å². The molecular weight excluding hydrogens is 292 g/mol. The summed E-state index contributed by atoms with van der Waals surface area (Å²) in [4.78, 5) is 34.3. The normalized spacial score (nSPS) is 15.7. The van der Waals surface area contributed by atoms with E-state index < -0.39 is 11.3 Å². The van der Waals surface area contributed by atoms with Gasteiger partial charge in [0.05, 0.1) is 5.69 Å². The van der Waals surface area contributed by atoms with Crippen LogP contribution in [0.3, 0.4) is 0 Å². The van der Waals surface area contributed by atoms with Crippen LogP contribution in [0.15, 0.2) is 34.4 Å². The van der Waals surface area contributed by atoms with E-state index in [1.165, 1.54) is 29.0 Å². The van der Waals surface area contributed by atoms with Gasteiger partial charge in [0.15, 0.2) is 5.43 Å². The van der Waals surface area contributed by atoms with Crippen molar-refractivity contribution in [3.05, 3.63) is 61.8 Å². The van der Waals surface area contributed by atoms with Crippen LogP contribution in [0.4, 0.5) is 0 Å². The van der Waals surface area contributed by atoms with E-state index >= 15 is 0 Å². The van der Waals surface area contributed by atoms with Gasteiger partial charge in [0.1, 0.15) is 5.56 Å². The average molecular weight is 310 g/mol. The second-order valence-corrected chi connectivity index (χ2v) is 6.04. The third-order valence-electron chi connectivity index (χ3n) is 4.84. The third-order valence-corrected chi connectivity index (χ3v) is 4.84. The summed E-state index contributed by atoms with van der Waals surface area (Å²) in [5.74, 6) is -1.01. The van der Waals surface area contributed by atoms with Crippen molar-refractivity contribution in [3.8, 4) is 11.3 Å². The fourth-order valence-corrected chi connectivity index (χ4v) is 3.33. The molecule has 1 aromatic carbocycles. The number of benzene rings is 1. The zero-order chi connectivity index (χ0) is 16.7. The van der Waals surface area contributed by atoms with Crippen LogP contribution in [0, 0.1) is 18.8 Å². The third kappa shape index (κ3) is 2.32. The Hall–Kier alpha value is -2.56. The molecule has 118 valence electrons. The predicted octanol–water partition coefficient (Wildman–Crippen LogP) is 3.55. The lowest BCUT2D eigenvalue weighted by molar-refractivity contribution is 0.0999. The first-order valence-corrected chi connectivity index (χ1v) is 7.71. The SMILES string of the molecule is CCC1Cc2c(ccc(C)c2C)-c2cc(=O)c(C(=O)N=O)cn21. The molecule has 1 aliphatic heterocycles. The quantitative estimate of drug-likeness (QED) is 0.797. The molecule has 2 aromatic rings. The first-order valence-electron chi connectivity index (χ1n) is 7.71. The molecular formula is C18H18N2O3. The van der Waals surface area contributed by atoms with E-state index in [1.54, 1.807) is 0 Å². The number of nitrogens with zero attached hydrogens (tertiary/aromatic N) is 2. The molecule has 0 radical (unpaired) electrons. The molecule has 5 nitrogen and oxygen atoms in total. The van der Waals surface area contributed by atoms with Gasteiger partial charge in [-0.1, -0.05) is 19.1 Å². The molecule has 1 unspecified atom stereocenters. The second-order valence-electron chi connectivity index (χ2n) is 6.04. The number of hydrogen-bond donors (Lipinski definition) is 0. The topological polar surface area (TPSA) is 68.5 Å². The van der Waals surface area contributed by atoms with E-state index in [4.69, 9.17) is 0 Å². The molecule has 1 aromatic heterocycles. The second kappa shape index (κ2) is 5.57. The van der Waals surface area contributed by atoms with Crippen LogP contribution in [0.25, 0.3) is 11.3 Å². The number of fused-ring (bicyclic) bond motifs is 3. The van der Waals surface area contributed by atoms with Crippen LogP contribution in [-0.2, 0) is 6.42 Å². The van der Waals surface area contributed by atoms with E-state index in [-0.39, 0.29) is 11.6 Å². The molecule has 0 bridgehead atoms. The van der Waals surface area contributed by atoms with E-state index in [2.05, 4.69) is 25.9 Å². The Morgan fingerprint density at radius 2 is 2.09 bits per heavy atom. The van der Waals surface area contributed by atoms with Crippen LogP contribution in [0.2, 0.25) is 0 Å². The smallest absolute Gasteiger partial charge is 0.322 e. The van der Waals surface area contributed by atoms with Crippen LogP contribution in [-0.4, -0.2) is 10.5 Å². The maximum Gasteiger partial charge on any atom is 0.322 e. The van der Waals surface area contributed by atoms with Gasteiger partial charge >= 0.3 is 5.91 Å². The number of carbonyl (C=O) groups is 1. The minimum Gasteiger partial charge on any atom is -0.343 e. The minimum absolute atomic E-state index is 0.150. The Morgan fingerprint density at radius 3 is 2.74 bits per heavy atom. The van der Waals surface area contributed by atoms with E-state index in [1.807, 2.05) is 16.7 Å². The molecule has 0 saturated heterocycles. The maximum absolute atomic E-state index is 12.2. The van der Waals surface area contributed by atoms with Crippen LogP contribution in [0.5, 0.6) is 0 Å². The van der Waals surface area contributed by atoms with Crippen molar-refractivity contribution >= 4 is 5.91 Å². The zero-order valence-electron chi connectivity index (χ0n) is 13.4. The zero-order valence-corrected chi connectivity index (χ0v) is 13.4. The van der Waals surface area contributed by atoms with Crippen molar-refractivity contribution < 1.29 is 4.79 Å². The summed E-state index contributed by atoms with van der Waals surface area (Å²) < 4.78 is 1.94. The molecule has 0 aliphatic carbocycles. The average Bonchev–Trinajstić information content (AvgIpc) is 2.56. The summed E-state index contributed by atoms with van der Waals surface area (Å²) in [5.41, 5.74) is 4.93. The largest absolute Gasteiger partial charge is 0.343 e. The number of aryl methyl sites for hydroxylation is 1. The number of rotatable bonds is 2. The molecule has 0 N–H and O–H groups in total. The van der Waals surface area contributed by atoms with Gasteiger partial charge in [0.2, 0.25) is 0 Å². The standard InChI is InChI=1S/C18H18N2O3/c1-4-12-7-14-11(3)10(2)5-6-13(14)16-8-17(21)15(9-20(12)16)18(22)19-23/h5-6,8-9,12H,4,7H2,1-3H3. The van der Waals surface area contributed by atoms with Gasteiger partial charge < -0.3 is 4.57 Å². The molecule has 0 spiro atoms. The summed E-state index contributed by atoms with van der Waals surface area (Å²) in [6, 6.07) is 5.67. The van der Waals surface area contributed by atoms with Crippen molar-refractivity contribution in [2.75, 3.05) is 0 Å². The molecule has 1 aliphatic rings. The van der Waals surface area contributed by atoms with Crippen LogP contribution < -0.4 is 5.43 Å². The first-order chi connectivity index (χ1) is 11.0. The summed E-state index contributed by atoms with van der Waals surface area (Å²) in [6.07, 6.45) is 3.20. The van der Waals surface area contributed by atoms with Crippen molar-refractivity contribution in [3.63, 3.8) is 0 Å². The monoisotopic (exact) mass is 310 g/mol. The fraction of sp³-hybridized carbons (Fsp3) is 0.333. The Bertz CT molecular complexity index is 881. The molecule has 1 amide bonds. The van der Waals surface area contributed by atoms with Gasteiger partial charge in [-0.25, -0.2) is 0 Å². The summed E-state index contributed by atoms with van der Waals surface area (Å²) in [6.45, 7) is 6.25. The summed E-state index contributed by atoms with van der Waals surface area (Å²) in [5, 5.41) is 2.39. The minimum atomic E-state index is -1.01. The highest BCUT2D eigenvalue weighted by atomic mass is 16.3. The maximum atomic E-state index is 12.2. The number of nitroso groups, excluding NO2 is 1. The van der Waals surface area contributed by atoms with Crippen molar-refractivity contribution in [2.45, 2.75) is 39.7 Å². The number of pyridine rings is 1. The van der Waals surface area contributed by atoms with Gasteiger partial charge in [0, 0.05) is 29.0 Å². The number of hydrogen-bond acceptors (Lipinski definition) is 3. The molecule has 2 heterocycles. The van der Waals surface area contributed by atoms with Gasteiger partial charge in [-0.2, -0.15) is 0 Å². The van der Waals surface area contributed by atoms with E-state index in [0.717, 1.165) is 24.1 Å². The van der Waals surface area contributed by atoms with Crippen LogP contribution >= 0.6 is 0 Å². The summed E-state index contributed by atoms with van der Waals surface area (Å²) in [7, 11) is 0.